The van der Waals surface area contributed by atoms with Crippen LogP contribution in [0.15, 0.2) is 53.0 Å². The van der Waals surface area contributed by atoms with Gasteiger partial charge in [0.15, 0.2) is 19.0 Å². The minimum Gasteiger partial charge on any atom is -0.482 e. The maximum absolute atomic E-state index is 11.8. The van der Waals surface area contributed by atoms with E-state index in [0.29, 0.717) is 11.3 Å². The summed E-state index contributed by atoms with van der Waals surface area (Å²) in [5.74, 6) is -0.237. The molecule has 0 saturated heterocycles. The number of Topliss-reactive ketones (excluding diaryl/α,β-unsaturated/α-hetero) is 1. The molecule has 114 valence electrons. The Bertz CT molecular complexity index is 665. The maximum Gasteiger partial charge on any atom is 0.344 e. The summed E-state index contributed by atoms with van der Waals surface area (Å²) in [4.78, 5) is 23.4. The Morgan fingerprint density at radius 1 is 1.05 bits per heavy atom. The van der Waals surface area contributed by atoms with Crippen LogP contribution in [0, 0.1) is 6.92 Å². The van der Waals surface area contributed by atoms with Gasteiger partial charge in [-0.05, 0) is 36.8 Å². The molecule has 0 saturated carbocycles. The molecule has 0 unspecified atom stereocenters. The summed E-state index contributed by atoms with van der Waals surface area (Å²) in [5, 5.41) is 0. The molecular formula is C17H15BrO4. The minimum absolute atomic E-state index is 0.225. The largest absolute Gasteiger partial charge is 0.482 e. The van der Waals surface area contributed by atoms with Crippen LogP contribution in [0.2, 0.25) is 0 Å². The minimum atomic E-state index is -0.577. The highest BCUT2D eigenvalue weighted by Gasteiger charge is 2.10. The molecule has 2 aromatic carbocycles. The van der Waals surface area contributed by atoms with E-state index in [4.69, 9.17) is 9.47 Å². The Labute approximate surface area is 137 Å². The van der Waals surface area contributed by atoms with Crippen LogP contribution >= 0.6 is 15.9 Å². The fraction of sp³-hybridized carbons (Fsp3) is 0.176. The molecule has 0 heterocycles. The molecule has 5 heteroatoms. The lowest BCUT2D eigenvalue weighted by Crippen LogP contribution is -2.19. The highest BCUT2D eigenvalue weighted by molar-refractivity contribution is 9.10. The first-order valence-corrected chi connectivity index (χ1v) is 7.48. The third-order valence-corrected chi connectivity index (χ3v) is 3.41. The monoisotopic (exact) mass is 362 g/mol. The number of aryl methyl sites for hydroxylation is 1. The lowest BCUT2D eigenvalue weighted by Gasteiger charge is -2.07. The Hall–Kier alpha value is -2.14. The van der Waals surface area contributed by atoms with Crippen LogP contribution in [0.4, 0.5) is 0 Å². The molecule has 0 radical (unpaired) electrons. The zero-order chi connectivity index (χ0) is 15.9. The summed E-state index contributed by atoms with van der Waals surface area (Å²) in [6, 6.07) is 14.2. The molecule has 0 amide bonds. The summed E-state index contributed by atoms with van der Waals surface area (Å²) in [5.41, 5.74) is 1.53. The topological polar surface area (TPSA) is 52.6 Å². The normalized spacial score (nSPS) is 10.1. The van der Waals surface area contributed by atoms with Gasteiger partial charge in [0.1, 0.15) is 5.75 Å². The molecule has 4 nitrogen and oxygen atoms in total. The van der Waals surface area contributed by atoms with Crippen LogP contribution in [-0.2, 0) is 9.53 Å². The van der Waals surface area contributed by atoms with E-state index in [0.717, 1.165) is 10.0 Å². The van der Waals surface area contributed by atoms with Gasteiger partial charge in [0.25, 0.3) is 0 Å². The van der Waals surface area contributed by atoms with Crippen LogP contribution in [-0.4, -0.2) is 25.0 Å². The fourth-order valence-corrected chi connectivity index (χ4v) is 2.02. The first kappa shape index (κ1) is 16.2. The van der Waals surface area contributed by atoms with E-state index >= 15 is 0 Å². The smallest absolute Gasteiger partial charge is 0.344 e. The first-order chi connectivity index (χ1) is 10.5. The van der Waals surface area contributed by atoms with Gasteiger partial charge in [-0.15, -0.1) is 0 Å². The van der Waals surface area contributed by atoms with Crippen molar-refractivity contribution in [1.82, 2.24) is 0 Å². The standard InChI is InChI=1S/C17H15BrO4/c1-12-3-2-4-15(9-12)21-11-17(20)22-10-16(19)13-5-7-14(18)8-6-13/h2-9H,10-11H2,1H3. The molecule has 0 spiro atoms. The molecule has 2 aromatic rings. The van der Waals surface area contributed by atoms with Gasteiger partial charge in [0.05, 0.1) is 0 Å². The van der Waals surface area contributed by atoms with Crippen LogP contribution in [0.1, 0.15) is 15.9 Å². The predicted octanol–water partition coefficient (Wildman–Crippen LogP) is 3.56. The Morgan fingerprint density at radius 2 is 1.77 bits per heavy atom. The molecule has 22 heavy (non-hydrogen) atoms. The molecule has 2 rings (SSSR count). The van der Waals surface area contributed by atoms with Crippen LogP contribution in [0.3, 0.4) is 0 Å². The zero-order valence-electron chi connectivity index (χ0n) is 12.0. The summed E-state index contributed by atoms with van der Waals surface area (Å²) < 4.78 is 11.1. The average molecular weight is 363 g/mol. The van der Waals surface area contributed by atoms with E-state index in [9.17, 15) is 9.59 Å². The number of hydrogen-bond acceptors (Lipinski definition) is 4. The van der Waals surface area contributed by atoms with Gasteiger partial charge in [-0.2, -0.15) is 0 Å². The number of carbonyl (C=O) groups is 2. The summed E-state index contributed by atoms with van der Waals surface area (Å²) in [7, 11) is 0. The van der Waals surface area contributed by atoms with Gasteiger partial charge in [-0.1, -0.05) is 40.2 Å². The Kier molecular flexibility index (Phi) is 5.72. The third kappa shape index (κ3) is 5.00. The molecule has 0 fully saturated rings. The van der Waals surface area contributed by atoms with Gasteiger partial charge in [0.2, 0.25) is 0 Å². The number of carbonyl (C=O) groups excluding carboxylic acids is 2. The van der Waals surface area contributed by atoms with Crippen molar-refractivity contribution in [2.75, 3.05) is 13.2 Å². The van der Waals surface area contributed by atoms with Crippen molar-refractivity contribution in [2.24, 2.45) is 0 Å². The van der Waals surface area contributed by atoms with Crippen molar-refractivity contribution < 1.29 is 19.1 Å². The number of ketones is 1. The quantitative estimate of drug-likeness (QED) is 0.582. The molecule has 0 atom stereocenters. The molecule has 0 N–H and O–H groups in total. The van der Waals surface area contributed by atoms with E-state index in [1.165, 1.54) is 0 Å². The van der Waals surface area contributed by atoms with Crippen molar-refractivity contribution in [1.29, 1.82) is 0 Å². The van der Waals surface area contributed by atoms with Crippen molar-refractivity contribution >= 4 is 27.7 Å². The molecular weight excluding hydrogens is 348 g/mol. The summed E-state index contributed by atoms with van der Waals surface area (Å²) >= 11 is 3.29. The van der Waals surface area contributed by atoms with E-state index in [1.54, 1.807) is 30.3 Å². The summed E-state index contributed by atoms with van der Waals surface area (Å²) in [6.45, 7) is 1.41. The second-order valence-electron chi connectivity index (χ2n) is 4.70. The summed E-state index contributed by atoms with van der Waals surface area (Å²) in [6.07, 6.45) is 0. The van der Waals surface area contributed by atoms with Crippen LogP contribution in [0.5, 0.6) is 5.75 Å². The second-order valence-corrected chi connectivity index (χ2v) is 5.61. The Balaban J connectivity index is 1.78. The van der Waals surface area contributed by atoms with Crippen molar-refractivity contribution in [2.45, 2.75) is 6.92 Å². The highest BCUT2D eigenvalue weighted by Crippen LogP contribution is 2.13. The van der Waals surface area contributed by atoms with Gasteiger partial charge < -0.3 is 9.47 Å². The number of halogens is 1. The lowest BCUT2D eigenvalue weighted by molar-refractivity contribution is -0.144. The SMILES string of the molecule is Cc1cccc(OCC(=O)OCC(=O)c2ccc(Br)cc2)c1. The predicted molar refractivity (Wildman–Crippen MR) is 86.1 cm³/mol. The second kappa shape index (κ2) is 7.75. The Morgan fingerprint density at radius 3 is 2.45 bits per heavy atom. The molecule has 0 aromatic heterocycles. The molecule has 0 bridgehead atoms. The molecule has 0 aliphatic rings. The fourth-order valence-electron chi connectivity index (χ4n) is 1.75. The van der Waals surface area contributed by atoms with Crippen molar-refractivity contribution in [3.05, 3.63) is 64.1 Å². The van der Waals surface area contributed by atoms with Gasteiger partial charge in [-0.3, -0.25) is 4.79 Å². The lowest BCUT2D eigenvalue weighted by atomic mass is 10.1. The van der Waals surface area contributed by atoms with Gasteiger partial charge in [-0.25, -0.2) is 4.79 Å². The number of esters is 1. The van der Waals surface area contributed by atoms with E-state index in [2.05, 4.69) is 15.9 Å². The number of hydrogen-bond donors (Lipinski definition) is 0. The van der Waals surface area contributed by atoms with E-state index < -0.39 is 5.97 Å². The molecule has 0 aliphatic heterocycles. The van der Waals surface area contributed by atoms with Crippen LogP contribution in [0.25, 0.3) is 0 Å². The zero-order valence-corrected chi connectivity index (χ0v) is 13.6. The number of rotatable bonds is 6. The first-order valence-electron chi connectivity index (χ1n) is 6.68. The number of ether oxygens (including phenoxy) is 2. The number of benzene rings is 2. The van der Waals surface area contributed by atoms with Crippen molar-refractivity contribution in [3.8, 4) is 5.75 Å². The van der Waals surface area contributed by atoms with Gasteiger partial charge >= 0.3 is 5.97 Å². The maximum atomic E-state index is 11.8. The molecule has 0 aliphatic carbocycles. The van der Waals surface area contributed by atoms with Crippen molar-refractivity contribution in [3.63, 3.8) is 0 Å². The third-order valence-electron chi connectivity index (χ3n) is 2.88. The van der Waals surface area contributed by atoms with E-state index in [1.807, 2.05) is 25.1 Å². The van der Waals surface area contributed by atoms with E-state index in [-0.39, 0.29) is 19.0 Å². The average Bonchev–Trinajstić information content (AvgIpc) is 2.51. The van der Waals surface area contributed by atoms with Gasteiger partial charge in [0, 0.05) is 10.0 Å². The van der Waals surface area contributed by atoms with Crippen LogP contribution < -0.4 is 4.74 Å². The highest BCUT2D eigenvalue weighted by atomic mass is 79.9.